The van der Waals surface area contributed by atoms with Gasteiger partial charge in [0.1, 0.15) is 0 Å². The third-order valence-corrected chi connectivity index (χ3v) is 2.46. The molecule has 0 amide bonds. The van der Waals surface area contributed by atoms with E-state index in [1.807, 2.05) is 13.0 Å². The number of hydrogen-bond acceptors (Lipinski definition) is 7. The van der Waals surface area contributed by atoms with E-state index in [9.17, 15) is 10.1 Å². The van der Waals surface area contributed by atoms with E-state index in [1.54, 1.807) is 0 Å². The summed E-state index contributed by atoms with van der Waals surface area (Å²) in [7, 11) is 0. The molecule has 0 fully saturated rings. The Morgan fingerprint density at radius 2 is 2.35 bits per heavy atom. The molecular weight excluding hydrogens is 264 g/mol. The van der Waals surface area contributed by atoms with Crippen LogP contribution in [-0.4, -0.2) is 15.1 Å². The van der Waals surface area contributed by atoms with Crippen LogP contribution in [0.15, 0.2) is 22.7 Å². The molecule has 0 saturated carbocycles. The van der Waals surface area contributed by atoms with Crippen molar-refractivity contribution < 1.29 is 14.2 Å². The molecule has 0 aliphatic heterocycles. The predicted molar refractivity (Wildman–Crippen MR) is 65.8 cm³/mol. The Balaban J connectivity index is 2.16. The first-order valence-electron chi connectivity index (χ1n) is 5.76. The number of hydrogen-bond donors (Lipinski definition) is 0. The van der Waals surface area contributed by atoms with Crippen molar-refractivity contribution in [3.8, 4) is 11.8 Å². The lowest BCUT2D eigenvalue weighted by atomic mass is 10.2. The van der Waals surface area contributed by atoms with Gasteiger partial charge in [-0.25, -0.2) is 0 Å². The summed E-state index contributed by atoms with van der Waals surface area (Å²) >= 11 is 0. The summed E-state index contributed by atoms with van der Waals surface area (Å²) in [4.78, 5) is 14.3. The van der Waals surface area contributed by atoms with Gasteiger partial charge in [0, 0.05) is 12.5 Å². The second-order valence-corrected chi connectivity index (χ2v) is 3.80. The van der Waals surface area contributed by atoms with Gasteiger partial charge in [-0.3, -0.25) is 10.1 Å². The van der Waals surface area contributed by atoms with Gasteiger partial charge < -0.3 is 9.26 Å². The SMILES string of the molecule is CCc1noc(COc2ccc(C#N)cc2[N+](=O)[O-])n1. The maximum Gasteiger partial charge on any atom is 0.312 e. The largest absolute Gasteiger partial charge is 0.477 e. The van der Waals surface area contributed by atoms with Crippen LogP contribution < -0.4 is 4.74 Å². The van der Waals surface area contributed by atoms with Crippen molar-refractivity contribution in [3.63, 3.8) is 0 Å². The van der Waals surface area contributed by atoms with Crippen LogP contribution in [0.4, 0.5) is 5.69 Å². The molecule has 0 aliphatic rings. The third kappa shape index (κ3) is 2.89. The van der Waals surface area contributed by atoms with Crippen molar-refractivity contribution in [2.24, 2.45) is 0 Å². The number of nitriles is 1. The van der Waals surface area contributed by atoms with Gasteiger partial charge in [0.05, 0.1) is 16.6 Å². The lowest BCUT2D eigenvalue weighted by molar-refractivity contribution is -0.386. The number of nitro benzene ring substituents is 1. The van der Waals surface area contributed by atoms with Crippen LogP contribution >= 0.6 is 0 Å². The monoisotopic (exact) mass is 274 g/mol. The van der Waals surface area contributed by atoms with Gasteiger partial charge in [0.25, 0.3) is 5.89 Å². The quantitative estimate of drug-likeness (QED) is 0.604. The molecule has 102 valence electrons. The fourth-order valence-electron chi connectivity index (χ4n) is 1.48. The van der Waals surface area contributed by atoms with Crippen molar-refractivity contribution >= 4 is 5.69 Å². The zero-order valence-electron chi connectivity index (χ0n) is 10.6. The van der Waals surface area contributed by atoms with E-state index >= 15 is 0 Å². The zero-order valence-corrected chi connectivity index (χ0v) is 10.6. The Morgan fingerprint density at radius 3 is 2.95 bits per heavy atom. The lowest BCUT2D eigenvalue weighted by Gasteiger charge is -2.04. The van der Waals surface area contributed by atoms with E-state index in [0.29, 0.717) is 12.2 Å². The average Bonchev–Trinajstić information content (AvgIpc) is 2.92. The van der Waals surface area contributed by atoms with Gasteiger partial charge >= 0.3 is 5.69 Å². The van der Waals surface area contributed by atoms with Crippen molar-refractivity contribution in [2.75, 3.05) is 0 Å². The van der Waals surface area contributed by atoms with Gasteiger partial charge in [-0.15, -0.1) is 0 Å². The number of benzene rings is 1. The van der Waals surface area contributed by atoms with Crippen LogP contribution in [-0.2, 0) is 13.0 Å². The Labute approximate surface area is 113 Å². The molecule has 0 bridgehead atoms. The van der Waals surface area contributed by atoms with E-state index in [4.69, 9.17) is 14.5 Å². The highest BCUT2D eigenvalue weighted by Crippen LogP contribution is 2.28. The topological polar surface area (TPSA) is 115 Å². The Hall–Kier alpha value is -2.95. The van der Waals surface area contributed by atoms with Crippen molar-refractivity contribution in [2.45, 2.75) is 20.0 Å². The molecule has 1 aromatic carbocycles. The minimum Gasteiger partial charge on any atom is -0.477 e. The Kier molecular flexibility index (Phi) is 3.91. The molecule has 0 atom stereocenters. The van der Waals surface area contributed by atoms with E-state index in [-0.39, 0.29) is 29.5 Å². The van der Waals surface area contributed by atoms with Gasteiger partial charge in [-0.1, -0.05) is 12.1 Å². The number of ether oxygens (including phenoxy) is 1. The van der Waals surface area contributed by atoms with Gasteiger partial charge in [-0.05, 0) is 12.1 Å². The fourth-order valence-corrected chi connectivity index (χ4v) is 1.48. The normalized spacial score (nSPS) is 10.0. The summed E-state index contributed by atoms with van der Waals surface area (Å²) in [6.07, 6.45) is 0.626. The first kappa shape index (κ1) is 13.5. The van der Waals surface area contributed by atoms with Crippen LogP contribution in [0, 0.1) is 21.4 Å². The zero-order chi connectivity index (χ0) is 14.5. The van der Waals surface area contributed by atoms with Crippen LogP contribution in [0.2, 0.25) is 0 Å². The molecule has 0 spiro atoms. The summed E-state index contributed by atoms with van der Waals surface area (Å²) < 4.78 is 10.2. The molecule has 0 saturated heterocycles. The Bertz CT molecular complexity index is 674. The van der Waals surface area contributed by atoms with Crippen molar-refractivity contribution in [1.82, 2.24) is 10.1 Å². The van der Waals surface area contributed by atoms with E-state index in [1.165, 1.54) is 12.1 Å². The van der Waals surface area contributed by atoms with Gasteiger partial charge in [0.15, 0.2) is 18.2 Å². The third-order valence-electron chi connectivity index (χ3n) is 2.46. The van der Waals surface area contributed by atoms with Crippen LogP contribution in [0.25, 0.3) is 0 Å². The maximum absolute atomic E-state index is 10.9. The van der Waals surface area contributed by atoms with Crippen LogP contribution in [0.5, 0.6) is 5.75 Å². The van der Waals surface area contributed by atoms with E-state index < -0.39 is 4.92 Å². The first-order valence-corrected chi connectivity index (χ1v) is 5.76. The summed E-state index contributed by atoms with van der Waals surface area (Å²) in [5, 5.41) is 23.3. The molecule has 0 unspecified atom stereocenters. The first-order chi connectivity index (χ1) is 9.63. The summed E-state index contributed by atoms with van der Waals surface area (Å²) in [5.74, 6) is 0.823. The number of aryl methyl sites for hydroxylation is 1. The number of nitrogens with zero attached hydrogens (tertiary/aromatic N) is 4. The molecule has 1 aromatic heterocycles. The van der Waals surface area contributed by atoms with Gasteiger partial charge in [0.2, 0.25) is 0 Å². The van der Waals surface area contributed by atoms with E-state index in [0.717, 1.165) is 6.07 Å². The Morgan fingerprint density at radius 1 is 1.55 bits per heavy atom. The average molecular weight is 274 g/mol. The number of aromatic nitrogens is 2. The van der Waals surface area contributed by atoms with Crippen molar-refractivity contribution in [3.05, 3.63) is 45.6 Å². The minimum atomic E-state index is -0.610. The highest BCUT2D eigenvalue weighted by Gasteiger charge is 2.17. The summed E-state index contributed by atoms with van der Waals surface area (Å²) in [5.41, 5.74) is -0.0885. The standard InChI is InChI=1S/C12H10N4O4/c1-2-11-14-12(20-15-11)7-19-10-4-3-8(6-13)5-9(10)16(17)18/h3-5H,2,7H2,1H3. The number of nitro groups is 1. The predicted octanol–water partition coefficient (Wildman–Crippen LogP) is 1.99. The molecule has 1 heterocycles. The molecule has 8 heteroatoms. The lowest BCUT2D eigenvalue weighted by Crippen LogP contribution is -2.00. The van der Waals surface area contributed by atoms with Crippen molar-refractivity contribution in [1.29, 1.82) is 5.26 Å². The highest BCUT2D eigenvalue weighted by atomic mass is 16.6. The molecule has 2 rings (SSSR count). The molecule has 0 N–H and O–H groups in total. The molecule has 0 aliphatic carbocycles. The molecule has 8 nitrogen and oxygen atoms in total. The molecule has 0 radical (unpaired) electrons. The molecule has 2 aromatic rings. The second kappa shape index (κ2) is 5.79. The minimum absolute atomic E-state index is 0.0465. The van der Waals surface area contributed by atoms with Crippen LogP contribution in [0.3, 0.4) is 0 Å². The number of rotatable bonds is 5. The molecular formula is C12H10N4O4. The maximum atomic E-state index is 10.9. The highest BCUT2D eigenvalue weighted by molar-refractivity contribution is 5.51. The summed E-state index contributed by atoms with van der Waals surface area (Å²) in [6.45, 7) is 1.81. The van der Waals surface area contributed by atoms with E-state index in [2.05, 4.69) is 10.1 Å². The second-order valence-electron chi connectivity index (χ2n) is 3.80. The smallest absolute Gasteiger partial charge is 0.312 e. The fraction of sp³-hybridized carbons (Fsp3) is 0.250. The van der Waals surface area contributed by atoms with Crippen LogP contribution in [0.1, 0.15) is 24.2 Å². The summed E-state index contributed by atoms with van der Waals surface area (Å²) in [6, 6.07) is 5.79. The molecule has 20 heavy (non-hydrogen) atoms. The van der Waals surface area contributed by atoms with Gasteiger partial charge in [-0.2, -0.15) is 10.2 Å².